The van der Waals surface area contributed by atoms with Gasteiger partial charge >= 0.3 is 0 Å². The number of amides is 2. The number of anilines is 1. The van der Waals surface area contributed by atoms with Crippen molar-refractivity contribution in [3.8, 4) is 0 Å². The van der Waals surface area contributed by atoms with Gasteiger partial charge in [0.1, 0.15) is 5.00 Å². The summed E-state index contributed by atoms with van der Waals surface area (Å²) < 4.78 is 0.874. The Bertz CT molecular complexity index is 993. The zero-order valence-electron chi connectivity index (χ0n) is 16.6. The number of thiocarbonyl (C=S) groups is 1. The predicted octanol–water partition coefficient (Wildman–Crippen LogP) is 4.91. The molecule has 0 unspecified atom stereocenters. The molecular formula is C21H24BrN3O2S2. The second kappa shape index (κ2) is 8.53. The lowest BCUT2D eigenvalue weighted by Gasteiger charge is -2.21. The summed E-state index contributed by atoms with van der Waals surface area (Å²) in [7, 11) is 0. The van der Waals surface area contributed by atoms with Crippen molar-refractivity contribution in [1.29, 1.82) is 0 Å². The number of thiophene rings is 1. The average Bonchev–Trinajstić information content (AvgIpc) is 2.98. The number of benzene rings is 1. The fraction of sp³-hybridized carbons (Fsp3) is 0.381. The van der Waals surface area contributed by atoms with Gasteiger partial charge in [-0.05, 0) is 66.6 Å². The van der Waals surface area contributed by atoms with Gasteiger partial charge in [-0.3, -0.25) is 14.9 Å². The molecule has 0 radical (unpaired) electrons. The van der Waals surface area contributed by atoms with E-state index < -0.39 is 5.91 Å². The highest BCUT2D eigenvalue weighted by atomic mass is 79.9. The van der Waals surface area contributed by atoms with Crippen LogP contribution in [-0.4, -0.2) is 16.9 Å². The summed E-state index contributed by atoms with van der Waals surface area (Å²) in [5.74, 6) is -0.784. The molecule has 1 aliphatic rings. The number of rotatable bonds is 3. The Kier molecular flexibility index (Phi) is 6.45. The van der Waals surface area contributed by atoms with E-state index in [-0.39, 0.29) is 16.4 Å². The second-order valence-electron chi connectivity index (χ2n) is 8.13. The van der Waals surface area contributed by atoms with Crippen molar-refractivity contribution in [2.45, 2.75) is 51.9 Å². The smallest absolute Gasteiger partial charge is 0.257 e. The van der Waals surface area contributed by atoms with Crippen LogP contribution in [0.15, 0.2) is 22.7 Å². The highest BCUT2D eigenvalue weighted by Gasteiger charge is 2.25. The molecule has 1 heterocycles. The Morgan fingerprint density at radius 3 is 2.52 bits per heavy atom. The van der Waals surface area contributed by atoms with Crippen LogP contribution in [0.4, 0.5) is 5.00 Å². The van der Waals surface area contributed by atoms with Crippen LogP contribution in [0.1, 0.15) is 70.3 Å². The summed E-state index contributed by atoms with van der Waals surface area (Å²) in [6.07, 6.45) is 3.93. The minimum atomic E-state index is -0.470. The molecule has 29 heavy (non-hydrogen) atoms. The van der Waals surface area contributed by atoms with E-state index in [1.165, 1.54) is 16.2 Å². The normalized spacial score (nSPS) is 13.5. The van der Waals surface area contributed by atoms with Crippen LogP contribution in [-0.2, 0) is 18.3 Å². The first-order valence-electron chi connectivity index (χ1n) is 9.44. The Balaban J connectivity index is 1.75. The summed E-state index contributed by atoms with van der Waals surface area (Å²) in [5.41, 5.74) is 8.71. The Hall–Kier alpha value is -1.77. The Labute approximate surface area is 188 Å². The van der Waals surface area contributed by atoms with Gasteiger partial charge in [0, 0.05) is 14.9 Å². The zero-order valence-corrected chi connectivity index (χ0v) is 19.9. The molecule has 0 spiro atoms. The van der Waals surface area contributed by atoms with Crippen molar-refractivity contribution < 1.29 is 9.59 Å². The molecule has 0 fully saturated rings. The monoisotopic (exact) mass is 493 g/mol. The van der Waals surface area contributed by atoms with E-state index >= 15 is 0 Å². The maximum atomic E-state index is 12.6. The van der Waals surface area contributed by atoms with E-state index in [9.17, 15) is 9.59 Å². The molecular weight excluding hydrogens is 470 g/mol. The molecule has 154 valence electrons. The first-order valence-corrected chi connectivity index (χ1v) is 11.5. The molecule has 0 saturated heterocycles. The molecule has 4 N–H and O–H groups in total. The lowest BCUT2D eigenvalue weighted by atomic mass is 9.86. The Morgan fingerprint density at radius 1 is 1.21 bits per heavy atom. The van der Waals surface area contributed by atoms with Gasteiger partial charge in [0.15, 0.2) is 5.11 Å². The van der Waals surface area contributed by atoms with Gasteiger partial charge in [-0.15, -0.1) is 11.3 Å². The van der Waals surface area contributed by atoms with Crippen molar-refractivity contribution in [2.24, 2.45) is 5.73 Å². The number of hydrogen-bond acceptors (Lipinski definition) is 4. The maximum Gasteiger partial charge on any atom is 0.257 e. The molecule has 1 aromatic carbocycles. The van der Waals surface area contributed by atoms with Gasteiger partial charge in [0.2, 0.25) is 0 Å². The van der Waals surface area contributed by atoms with E-state index in [0.717, 1.165) is 41.3 Å². The highest BCUT2D eigenvalue weighted by Crippen LogP contribution is 2.38. The van der Waals surface area contributed by atoms with Gasteiger partial charge < -0.3 is 11.1 Å². The molecule has 0 saturated carbocycles. The largest absolute Gasteiger partial charge is 0.365 e. The standard InChI is InChI=1S/C21H24BrN3O2S2/c1-21(2,3)13-9-8-11(10-14(13)22)18(27)24-20(28)25-19-16(17(23)26)12-6-4-5-7-15(12)29-19/h8-10H,4-7H2,1-3H3,(H2,23,26)(H2,24,25,27,28). The lowest BCUT2D eigenvalue weighted by Crippen LogP contribution is -2.34. The average molecular weight is 494 g/mol. The number of primary amides is 1. The summed E-state index contributed by atoms with van der Waals surface area (Å²) in [5, 5.41) is 6.45. The predicted molar refractivity (Wildman–Crippen MR) is 126 cm³/mol. The van der Waals surface area contributed by atoms with E-state index in [4.69, 9.17) is 18.0 Å². The fourth-order valence-electron chi connectivity index (χ4n) is 3.49. The van der Waals surface area contributed by atoms with Crippen LogP contribution in [0.25, 0.3) is 0 Å². The van der Waals surface area contributed by atoms with E-state index in [2.05, 4.69) is 47.3 Å². The topological polar surface area (TPSA) is 84.2 Å². The third-order valence-electron chi connectivity index (χ3n) is 4.91. The van der Waals surface area contributed by atoms with Crippen molar-refractivity contribution in [2.75, 3.05) is 5.32 Å². The number of aryl methyl sites for hydroxylation is 1. The van der Waals surface area contributed by atoms with E-state index in [1.807, 2.05) is 6.07 Å². The molecule has 8 heteroatoms. The lowest BCUT2D eigenvalue weighted by molar-refractivity contribution is 0.0975. The summed E-state index contributed by atoms with van der Waals surface area (Å²) in [4.78, 5) is 25.8. The zero-order chi connectivity index (χ0) is 21.3. The second-order valence-corrected chi connectivity index (χ2v) is 10.5. The van der Waals surface area contributed by atoms with Crippen molar-refractivity contribution in [1.82, 2.24) is 5.32 Å². The molecule has 5 nitrogen and oxygen atoms in total. The number of carbonyl (C=O) groups excluding carboxylic acids is 2. The first-order chi connectivity index (χ1) is 13.6. The third kappa shape index (κ3) is 4.87. The molecule has 1 aromatic heterocycles. The van der Waals surface area contributed by atoms with Gasteiger partial charge in [-0.1, -0.05) is 42.8 Å². The Morgan fingerprint density at radius 2 is 1.90 bits per heavy atom. The minimum absolute atomic E-state index is 0.0336. The van der Waals surface area contributed by atoms with Crippen molar-refractivity contribution >= 4 is 61.4 Å². The van der Waals surface area contributed by atoms with Crippen molar-refractivity contribution in [3.05, 3.63) is 49.8 Å². The highest BCUT2D eigenvalue weighted by molar-refractivity contribution is 9.10. The molecule has 2 aromatic rings. The van der Waals surface area contributed by atoms with E-state index in [1.54, 1.807) is 12.1 Å². The number of hydrogen-bond donors (Lipinski definition) is 3. The molecule has 1 aliphatic carbocycles. The molecule has 3 rings (SSSR count). The quantitative estimate of drug-likeness (QED) is 0.530. The minimum Gasteiger partial charge on any atom is -0.365 e. The molecule has 0 bridgehead atoms. The van der Waals surface area contributed by atoms with Crippen molar-refractivity contribution in [3.63, 3.8) is 0 Å². The van der Waals surface area contributed by atoms with E-state index in [0.29, 0.717) is 16.1 Å². The summed E-state index contributed by atoms with van der Waals surface area (Å²) in [6.45, 7) is 6.34. The summed E-state index contributed by atoms with van der Waals surface area (Å²) >= 11 is 10.4. The molecule has 0 aliphatic heterocycles. The third-order valence-corrected chi connectivity index (χ3v) is 6.98. The maximum absolute atomic E-state index is 12.6. The van der Waals surface area contributed by atoms with Crippen LogP contribution in [0.5, 0.6) is 0 Å². The van der Waals surface area contributed by atoms with Crippen LogP contribution in [0.2, 0.25) is 0 Å². The number of carbonyl (C=O) groups is 2. The van der Waals surface area contributed by atoms with Gasteiger partial charge in [0.05, 0.1) is 5.56 Å². The SMILES string of the molecule is CC(C)(C)c1ccc(C(=O)NC(=S)Nc2sc3c(c2C(N)=O)CCCC3)cc1Br. The molecule has 0 atom stereocenters. The van der Waals surface area contributed by atoms with Gasteiger partial charge in [-0.2, -0.15) is 0 Å². The fourth-order valence-corrected chi connectivity index (χ4v) is 6.02. The number of nitrogens with one attached hydrogen (secondary N) is 2. The van der Waals surface area contributed by atoms with Gasteiger partial charge in [-0.25, -0.2) is 0 Å². The first kappa shape index (κ1) is 21.9. The summed E-state index contributed by atoms with van der Waals surface area (Å²) in [6, 6.07) is 5.51. The van der Waals surface area contributed by atoms with Crippen LogP contribution < -0.4 is 16.4 Å². The molecule has 2 amide bonds. The number of fused-ring (bicyclic) bond motifs is 1. The number of halogens is 1. The van der Waals surface area contributed by atoms with Gasteiger partial charge in [0.25, 0.3) is 11.8 Å². The van der Waals surface area contributed by atoms with Crippen LogP contribution >= 0.6 is 39.5 Å². The van der Waals surface area contributed by atoms with Crippen LogP contribution in [0.3, 0.4) is 0 Å². The van der Waals surface area contributed by atoms with Crippen LogP contribution in [0, 0.1) is 0 Å². The number of nitrogens with two attached hydrogens (primary N) is 1.